The highest BCUT2D eigenvalue weighted by molar-refractivity contribution is 9.08. The van der Waals surface area contributed by atoms with Gasteiger partial charge in [-0.25, -0.2) is 0 Å². The number of hydrogen-bond acceptors (Lipinski definition) is 4. The van der Waals surface area contributed by atoms with Gasteiger partial charge in [-0.15, -0.1) is 13.2 Å². The Balaban J connectivity index is 3.31. The van der Waals surface area contributed by atoms with Crippen molar-refractivity contribution in [1.82, 2.24) is 4.98 Å². The lowest BCUT2D eigenvalue weighted by molar-refractivity contribution is -0.275. The van der Waals surface area contributed by atoms with Crippen molar-refractivity contribution in [3.63, 3.8) is 0 Å². The van der Waals surface area contributed by atoms with Crippen LogP contribution in [0.1, 0.15) is 11.3 Å². The molecule has 0 aromatic carbocycles. The molecule has 100 valence electrons. The van der Waals surface area contributed by atoms with Crippen molar-refractivity contribution in [2.45, 2.75) is 18.1 Å². The van der Waals surface area contributed by atoms with Crippen molar-refractivity contribution >= 4 is 21.9 Å². The second kappa shape index (κ2) is 5.42. The number of nitrogens with zero attached hydrogens (tertiary/aromatic N) is 1. The van der Waals surface area contributed by atoms with Gasteiger partial charge in [-0.05, 0) is 0 Å². The number of aromatic nitrogens is 1. The van der Waals surface area contributed by atoms with Crippen molar-refractivity contribution in [3.8, 4) is 11.5 Å². The van der Waals surface area contributed by atoms with Gasteiger partial charge in [0.2, 0.25) is 0 Å². The first-order valence-corrected chi connectivity index (χ1v) is 5.60. The maximum atomic E-state index is 12.2. The molecule has 0 radical (unpaired) electrons. The molecule has 0 unspecified atom stereocenters. The first kappa shape index (κ1) is 14.6. The minimum absolute atomic E-state index is 0.0319. The summed E-state index contributed by atoms with van der Waals surface area (Å²) in [6, 6.07) is 0. The number of carboxylic acids is 1. The molecule has 0 amide bonds. The maximum Gasteiger partial charge on any atom is 0.573 e. The van der Waals surface area contributed by atoms with Crippen LogP contribution in [0.5, 0.6) is 11.5 Å². The lowest BCUT2D eigenvalue weighted by Gasteiger charge is -2.15. The van der Waals surface area contributed by atoms with Crippen molar-refractivity contribution in [2.24, 2.45) is 0 Å². The summed E-state index contributed by atoms with van der Waals surface area (Å²) in [5, 5.41) is 18.0. The Morgan fingerprint density at radius 3 is 2.56 bits per heavy atom. The van der Waals surface area contributed by atoms with Gasteiger partial charge in [-0.1, -0.05) is 15.9 Å². The van der Waals surface area contributed by atoms with Gasteiger partial charge in [0, 0.05) is 10.9 Å². The van der Waals surface area contributed by atoms with E-state index in [0.717, 1.165) is 6.20 Å². The Hall–Kier alpha value is -1.51. The molecule has 0 aliphatic rings. The number of ether oxygens (including phenoxy) is 1. The molecule has 0 saturated carbocycles. The molecule has 5 nitrogen and oxygen atoms in total. The van der Waals surface area contributed by atoms with E-state index in [1.54, 1.807) is 0 Å². The Labute approximate surface area is 107 Å². The zero-order chi connectivity index (χ0) is 13.9. The monoisotopic (exact) mass is 329 g/mol. The number of alkyl halides is 4. The SMILES string of the molecule is O=C(O)Cc1c(CBr)ncc(O)c1OC(F)(F)F. The van der Waals surface area contributed by atoms with Gasteiger partial charge >= 0.3 is 12.3 Å². The highest BCUT2D eigenvalue weighted by atomic mass is 79.9. The van der Waals surface area contributed by atoms with Crippen LogP contribution in [-0.2, 0) is 16.5 Å². The second-order valence-electron chi connectivity index (χ2n) is 3.15. The number of aromatic hydroxyl groups is 1. The van der Waals surface area contributed by atoms with E-state index in [9.17, 15) is 23.1 Å². The van der Waals surface area contributed by atoms with Crippen LogP contribution in [0.25, 0.3) is 0 Å². The van der Waals surface area contributed by atoms with E-state index in [1.807, 2.05) is 0 Å². The molecule has 18 heavy (non-hydrogen) atoms. The van der Waals surface area contributed by atoms with Crippen molar-refractivity contribution < 1.29 is 32.9 Å². The van der Waals surface area contributed by atoms with E-state index in [1.165, 1.54) is 0 Å². The van der Waals surface area contributed by atoms with Gasteiger partial charge in [-0.3, -0.25) is 9.78 Å². The van der Waals surface area contributed by atoms with Crippen LogP contribution in [-0.4, -0.2) is 27.5 Å². The average molecular weight is 330 g/mol. The number of hydrogen-bond donors (Lipinski definition) is 2. The largest absolute Gasteiger partial charge is 0.573 e. The maximum absolute atomic E-state index is 12.2. The molecule has 1 heterocycles. The molecule has 0 fully saturated rings. The van der Waals surface area contributed by atoms with E-state index in [0.29, 0.717) is 0 Å². The highest BCUT2D eigenvalue weighted by Crippen LogP contribution is 2.36. The molecule has 1 rings (SSSR count). The van der Waals surface area contributed by atoms with Crippen LogP contribution in [0, 0.1) is 0 Å². The van der Waals surface area contributed by atoms with E-state index in [2.05, 4.69) is 25.7 Å². The van der Waals surface area contributed by atoms with Crippen molar-refractivity contribution in [3.05, 3.63) is 17.5 Å². The summed E-state index contributed by atoms with van der Waals surface area (Å²) in [5.41, 5.74) is -0.272. The lowest BCUT2D eigenvalue weighted by Crippen LogP contribution is -2.19. The number of halogens is 4. The van der Waals surface area contributed by atoms with Gasteiger partial charge in [0.15, 0.2) is 11.5 Å². The normalized spacial score (nSPS) is 11.3. The van der Waals surface area contributed by atoms with Crippen LogP contribution >= 0.6 is 15.9 Å². The summed E-state index contributed by atoms with van der Waals surface area (Å²) in [6.45, 7) is 0. The van der Waals surface area contributed by atoms with Gasteiger partial charge in [0.25, 0.3) is 0 Å². The van der Waals surface area contributed by atoms with Gasteiger partial charge in [-0.2, -0.15) is 0 Å². The third kappa shape index (κ3) is 3.76. The van der Waals surface area contributed by atoms with Crippen LogP contribution in [0.15, 0.2) is 6.20 Å². The van der Waals surface area contributed by atoms with E-state index in [4.69, 9.17) is 5.11 Å². The second-order valence-corrected chi connectivity index (χ2v) is 3.71. The van der Waals surface area contributed by atoms with E-state index in [-0.39, 0.29) is 16.6 Å². The molecule has 0 bridgehead atoms. The minimum atomic E-state index is -5.03. The summed E-state index contributed by atoms with van der Waals surface area (Å²) in [5.74, 6) is -3.17. The predicted molar refractivity (Wildman–Crippen MR) is 56.6 cm³/mol. The number of rotatable bonds is 4. The zero-order valence-electron chi connectivity index (χ0n) is 8.66. The molecule has 0 aliphatic carbocycles. The Morgan fingerprint density at radius 1 is 1.50 bits per heavy atom. The lowest BCUT2D eigenvalue weighted by atomic mass is 10.1. The smallest absolute Gasteiger partial charge is 0.503 e. The molecule has 1 aromatic heterocycles. The number of carboxylic acid groups (broad SMARTS) is 1. The standard InChI is InChI=1S/C9H7BrF3NO4/c10-2-5-4(1-7(16)17)8(6(15)3-14-5)18-9(11,12)13/h3,15H,1-2H2,(H,16,17). The third-order valence-corrected chi connectivity index (χ3v) is 2.40. The summed E-state index contributed by atoms with van der Waals surface area (Å²) < 4.78 is 40.1. The van der Waals surface area contributed by atoms with Crippen molar-refractivity contribution in [2.75, 3.05) is 0 Å². The first-order valence-electron chi connectivity index (χ1n) is 4.47. The molecule has 1 aromatic rings. The number of carbonyl (C=O) groups is 1. The third-order valence-electron chi connectivity index (χ3n) is 1.87. The summed E-state index contributed by atoms with van der Waals surface area (Å²) >= 11 is 2.96. The van der Waals surface area contributed by atoms with Crippen LogP contribution < -0.4 is 4.74 Å². The topological polar surface area (TPSA) is 79.7 Å². The van der Waals surface area contributed by atoms with E-state index >= 15 is 0 Å². The number of pyridine rings is 1. The fourth-order valence-electron chi connectivity index (χ4n) is 1.24. The van der Waals surface area contributed by atoms with Crippen LogP contribution in [0.3, 0.4) is 0 Å². The Bertz CT molecular complexity index is 464. The first-order chi connectivity index (χ1) is 8.24. The summed E-state index contributed by atoms with van der Waals surface area (Å²) in [6.07, 6.45) is -5.01. The summed E-state index contributed by atoms with van der Waals surface area (Å²) in [4.78, 5) is 14.2. The minimum Gasteiger partial charge on any atom is -0.503 e. The molecule has 0 saturated heterocycles. The molecule has 0 atom stereocenters. The molecule has 0 aliphatic heterocycles. The van der Waals surface area contributed by atoms with E-state index < -0.39 is 30.3 Å². The van der Waals surface area contributed by atoms with Crippen LogP contribution in [0.2, 0.25) is 0 Å². The quantitative estimate of drug-likeness (QED) is 0.828. The highest BCUT2D eigenvalue weighted by Gasteiger charge is 2.34. The fraction of sp³-hybridized carbons (Fsp3) is 0.333. The molecule has 9 heteroatoms. The molecular weight excluding hydrogens is 323 g/mol. The Morgan fingerprint density at radius 2 is 2.11 bits per heavy atom. The number of aliphatic carboxylic acids is 1. The average Bonchev–Trinajstić information content (AvgIpc) is 2.21. The Kier molecular flexibility index (Phi) is 4.38. The van der Waals surface area contributed by atoms with Crippen LogP contribution in [0.4, 0.5) is 13.2 Å². The van der Waals surface area contributed by atoms with Crippen molar-refractivity contribution in [1.29, 1.82) is 0 Å². The summed E-state index contributed by atoms with van der Waals surface area (Å²) in [7, 11) is 0. The predicted octanol–water partition coefficient (Wildman–Crippen LogP) is 2.21. The van der Waals surface area contributed by atoms with Gasteiger partial charge in [0.05, 0.1) is 18.3 Å². The molecule has 2 N–H and O–H groups in total. The zero-order valence-corrected chi connectivity index (χ0v) is 10.2. The van der Waals surface area contributed by atoms with Gasteiger partial charge < -0.3 is 14.9 Å². The molecule has 0 spiro atoms. The van der Waals surface area contributed by atoms with Gasteiger partial charge in [0.1, 0.15) is 0 Å². The molecular formula is C9H7BrF3NO4. The fourth-order valence-corrected chi connectivity index (χ4v) is 1.72.